The molecule has 2 fully saturated rings. The maximum atomic E-state index is 5.67. The molecule has 2 aliphatic heterocycles. The van der Waals surface area contributed by atoms with E-state index in [1.54, 1.807) is 0 Å². The van der Waals surface area contributed by atoms with Crippen LogP contribution in [0.4, 0.5) is 0 Å². The second-order valence-electron chi connectivity index (χ2n) is 5.76. The number of hydrogen-bond acceptors (Lipinski definition) is 3. The SMILES string of the molecule is COC1(C)CCCN(C2CCNC(C)C2)C1. The zero-order chi connectivity index (χ0) is 11.6. The first-order chi connectivity index (χ1) is 7.63. The third-order valence-electron chi connectivity index (χ3n) is 4.29. The Morgan fingerprint density at radius 3 is 2.94 bits per heavy atom. The van der Waals surface area contributed by atoms with Crippen LogP contribution in [0.15, 0.2) is 0 Å². The van der Waals surface area contributed by atoms with Crippen LogP contribution < -0.4 is 5.32 Å². The molecule has 2 heterocycles. The van der Waals surface area contributed by atoms with E-state index in [-0.39, 0.29) is 5.60 Å². The molecule has 0 aliphatic carbocycles. The maximum Gasteiger partial charge on any atom is 0.0777 e. The molecule has 2 aliphatic rings. The van der Waals surface area contributed by atoms with Crippen LogP contribution in [0.25, 0.3) is 0 Å². The van der Waals surface area contributed by atoms with Gasteiger partial charge in [-0.25, -0.2) is 0 Å². The Bertz CT molecular complexity index is 234. The maximum absolute atomic E-state index is 5.67. The lowest BCUT2D eigenvalue weighted by Crippen LogP contribution is -2.54. The highest BCUT2D eigenvalue weighted by molar-refractivity contribution is 4.90. The molecule has 3 nitrogen and oxygen atoms in total. The Labute approximate surface area is 99.5 Å². The molecule has 0 radical (unpaired) electrons. The lowest BCUT2D eigenvalue weighted by molar-refractivity contribution is -0.0651. The standard InChI is InChI=1S/C13H26N2O/c1-11-9-12(5-7-14-11)15-8-4-6-13(2,10-15)16-3/h11-12,14H,4-10H2,1-3H3. The number of likely N-dealkylation sites (tertiary alicyclic amines) is 1. The van der Waals surface area contributed by atoms with E-state index in [0.717, 1.165) is 12.6 Å². The summed E-state index contributed by atoms with van der Waals surface area (Å²) in [6.45, 7) is 8.10. The molecule has 2 saturated heterocycles. The number of methoxy groups -OCH3 is 1. The van der Waals surface area contributed by atoms with Crippen molar-refractivity contribution in [2.24, 2.45) is 0 Å². The molecule has 3 atom stereocenters. The van der Waals surface area contributed by atoms with Gasteiger partial charge in [-0.3, -0.25) is 4.90 Å². The fraction of sp³-hybridized carbons (Fsp3) is 1.00. The first kappa shape index (κ1) is 12.3. The first-order valence-corrected chi connectivity index (χ1v) is 6.65. The molecule has 0 aromatic carbocycles. The molecular formula is C13H26N2O. The minimum Gasteiger partial charge on any atom is -0.377 e. The molecule has 2 rings (SSSR count). The van der Waals surface area contributed by atoms with Gasteiger partial charge in [-0.1, -0.05) is 0 Å². The van der Waals surface area contributed by atoms with Gasteiger partial charge in [0.05, 0.1) is 5.60 Å². The Morgan fingerprint density at radius 1 is 1.44 bits per heavy atom. The Morgan fingerprint density at radius 2 is 2.25 bits per heavy atom. The number of rotatable bonds is 2. The molecule has 0 saturated carbocycles. The number of hydrogen-bond donors (Lipinski definition) is 1. The van der Waals surface area contributed by atoms with Gasteiger partial charge in [0.25, 0.3) is 0 Å². The molecule has 1 N–H and O–H groups in total. The van der Waals surface area contributed by atoms with Gasteiger partial charge in [0.15, 0.2) is 0 Å². The van der Waals surface area contributed by atoms with Gasteiger partial charge in [-0.2, -0.15) is 0 Å². The molecule has 0 spiro atoms. The largest absolute Gasteiger partial charge is 0.377 e. The zero-order valence-electron chi connectivity index (χ0n) is 11.0. The van der Waals surface area contributed by atoms with Gasteiger partial charge in [-0.15, -0.1) is 0 Å². The molecule has 0 bridgehead atoms. The molecule has 0 aromatic heterocycles. The Balaban J connectivity index is 1.93. The second-order valence-corrected chi connectivity index (χ2v) is 5.76. The lowest BCUT2D eigenvalue weighted by Gasteiger charge is -2.45. The van der Waals surface area contributed by atoms with E-state index in [1.165, 1.54) is 38.8 Å². The fourth-order valence-electron chi connectivity index (χ4n) is 3.16. The van der Waals surface area contributed by atoms with Crippen LogP contribution in [-0.4, -0.2) is 49.3 Å². The van der Waals surface area contributed by atoms with Crippen LogP contribution in [0.3, 0.4) is 0 Å². The Kier molecular flexibility index (Phi) is 3.88. The summed E-state index contributed by atoms with van der Waals surface area (Å²) in [6.07, 6.45) is 5.08. The van der Waals surface area contributed by atoms with Crippen LogP contribution >= 0.6 is 0 Å². The molecule has 94 valence electrons. The van der Waals surface area contributed by atoms with Crippen molar-refractivity contribution in [3.63, 3.8) is 0 Å². The predicted molar refractivity (Wildman–Crippen MR) is 66.7 cm³/mol. The summed E-state index contributed by atoms with van der Waals surface area (Å²) >= 11 is 0. The molecular weight excluding hydrogens is 200 g/mol. The van der Waals surface area contributed by atoms with E-state index in [2.05, 4.69) is 24.1 Å². The summed E-state index contributed by atoms with van der Waals surface area (Å²) in [7, 11) is 1.86. The molecule has 3 heteroatoms. The molecule has 3 unspecified atom stereocenters. The highest BCUT2D eigenvalue weighted by atomic mass is 16.5. The minimum atomic E-state index is 0.0896. The van der Waals surface area contributed by atoms with Gasteiger partial charge in [0, 0.05) is 25.7 Å². The summed E-state index contributed by atoms with van der Waals surface area (Å²) in [5.41, 5.74) is 0.0896. The van der Waals surface area contributed by atoms with E-state index in [9.17, 15) is 0 Å². The van der Waals surface area contributed by atoms with Crippen molar-refractivity contribution in [3.05, 3.63) is 0 Å². The highest BCUT2D eigenvalue weighted by Gasteiger charge is 2.34. The van der Waals surface area contributed by atoms with Gasteiger partial charge in [-0.05, 0) is 52.6 Å². The first-order valence-electron chi connectivity index (χ1n) is 6.65. The van der Waals surface area contributed by atoms with Crippen LogP contribution in [-0.2, 0) is 4.74 Å². The van der Waals surface area contributed by atoms with Crippen molar-refractivity contribution in [3.8, 4) is 0 Å². The minimum absolute atomic E-state index is 0.0896. The molecule has 0 amide bonds. The van der Waals surface area contributed by atoms with E-state index < -0.39 is 0 Å². The third kappa shape index (κ3) is 2.76. The zero-order valence-corrected chi connectivity index (χ0v) is 11.0. The molecule has 0 aromatic rings. The number of piperidine rings is 2. The quantitative estimate of drug-likeness (QED) is 0.774. The Hall–Kier alpha value is -0.120. The van der Waals surface area contributed by atoms with Gasteiger partial charge in [0.1, 0.15) is 0 Å². The lowest BCUT2D eigenvalue weighted by atomic mass is 9.90. The van der Waals surface area contributed by atoms with Crippen molar-refractivity contribution in [2.75, 3.05) is 26.7 Å². The summed E-state index contributed by atoms with van der Waals surface area (Å²) in [5.74, 6) is 0. The number of ether oxygens (including phenoxy) is 1. The van der Waals surface area contributed by atoms with Crippen molar-refractivity contribution >= 4 is 0 Å². The van der Waals surface area contributed by atoms with E-state index in [4.69, 9.17) is 4.74 Å². The summed E-state index contributed by atoms with van der Waals surface area (Å²) in [6, 6.07) is 1.44. The average Bonchev–Trinajstić information content (AvgIpc) is 2.29. The van der Waals surface area contributed by atoms with Crippen LogP contribution in [0.1, 0.15) is 39.5 Å². The summed E-state index contributed by atoms with van der Waals surface area (Å²) < 4.78 is 5.67. The van der Waals surface area contributed by atoms with Gasteiger partial charge >= 0.3 is 0 Å². The van der Waals surface area contributed by atoms with Crippen molar-refractivity contribution < 1.29 is 4.74 Å². The second kappa shape index (κ2) is 5.03. The van der Waals surface area contributed by atoms with E-state index in [0.29, 0.717) is 6.04 Å². The van der Waals surface area contributed by atoms with Crippen LogP contribution in [0.5, 0.6) is 0 Å². The van der Waals surface area contributed by atoms with Crippen molar-refractivity contribution in [2.45, 2.75) is 57.2 Å². The number of nitrogens with one attached hydrogen (secondary N) is 1. The van der Waals surface area contributed by atoms with Gasteiger partial charge in [0.2, 0.25) is 0 Å². The average molecular weight is 226 g/mol. The monoisotopic (exact) mass is 226 g/mol. The topological polar surface area (TPSA) is 24.5 Å². The van der Waals surface area contributed by atoms with Crippen molar-refractivity contribution in [1.29, 1.82) is 0 Å². The van der Waals surface area contributed by atoms with Crippen molar-refractivity contribution in [1.82, 2.24) is 10.2 Å². The van der Waals surface area contributed by atoms with Gasteiger partial charge < -0.3 is 10.1 Å². The highest BCUT2D eigenvalue weighted by Crippen LogP contribution is 2.27. The smallest absolute Gasteiger partial charge is 0.0777 e. The normalized spacial score (nSPS) is 42.2. The van der Waals surface area contributed by atoms with Crippen LogP contribution in [0.2, 0.25) is 0 Å². The van der Waals surface area contributed by atoms with E-state index in [1.807, 2.05) is 7.11 Å². The van der Waals surface area contributed by atoms with Crippen LogP contribution in [0, 0.1) is 0 Å². The summed E-state index contributed by atoms with van der Waals surface area (Å²) in [4.78, 5) is 2.66. The third-order valence-corrected chi connectivity index (χ3v) is 4.29. The van der Waals surface area contributed by atoms with E-state index >= 15 is 0 Å². The predicted octanol–water partition coefficient (Wildman–Crippen LogP) is 1.63. The fourth-order valence-corrected chi connectivity index (χ4v) is 3.16. The number of nitrogens with zero attached hydrogens (tertiary/aromatic N) is 1. The summed E-state index contributed by atoms with van der Waals surface area (Å²) in [5, 5.41) is 3.53. The molecule has 16 heavy (non-hydrogen) atoms.